The van der Waals surface area contributed by atoms with Crippen LogP contribution in [0.25, 0.3) is 0 Å². The first kappa shape index (κ1) is 12.9. The number of ether oxygens (including phenoxy) is 1. The maximum atomic E-state index is 6.11. The molecule has 0 radical (unpaired) electrons. The highest BCUT2D eigenvalue weighted by Crippen LogP contribution is 2.34. The number of aryl methyl sites for hydroxylation is 1. The van der Waals surface area contributed by atoms with E-state index < -0.39 is 0 Å². The summed E-state index contributed by atoms with van der Waals surface area (Å²) in [4.78, 5) is 8.29. The molecule has 3 rings (SSSR count). The van der Waals surface area contributed by atoms with Crippen LogP contribution in [0.3, 0.4) is 0 Å². The number of nitrogen functional groups attached to an aromatic ring is 1. The molecule has 1 aliphatic rings. The average molecular weight is 270 g/mol. The standard InChI is InChI=1S/C15H18N4O/c1-10-14(19-16)17-9-18-15(10)20-13-8-4-6-11-5-2-3-7-12(11)13/h2-3,5,7,9,13H,4,6,8,16H2,1H3,(H,17,18,19). The molecule has 0 fully saturated rings. The minimum atomic E-state index is 0.0548. The van der Waals surface area contributed by atoms with E-state index in [0.29, 0.717) is 11.7 Å². The van der Waals surface area contributed by atoms with Gasteiger partial charge in [0.25, 0.3) is 0 Å². The van der Waals surface area contributed by atoms with Crippen LogP contribution in [0.1, 0.15) is 35.6 Å². The van der Waals surface area contributed by atoms with Gasteiger partial charge in [0.1, 0.15) is 18.2 Å². The number of rotatable bonds is 3. The summed E-state index contributed by atoms with van der Waals surface area (Å²) in [5.41, 5.74) is 6.02. The summed E-state index contributed by atoms with van der Waals surface area (Å²) in [7, 11) is 0. The van der Waals surface area contributed by atoms with Crippen molar-refractivity contribution in [1.82, 2.24) is 9.97 Å². The Bertz CT molecular complexity index is 615. The SMILES string of the molecule is Cc1c(NN)ncnc1OC1CCCc2ccccc21. The van der Waals surface area contributed by atoms with Crippen molar-refractivity contribution in [3.8, 4) is 5.88 Å². The van der Waals surface area contributed by atoms with Gasteiger partial charge >= 0.3 is 0 Å². The predicted molar refractivity (Wildman–Crippen MR) is 77.3 cm³/mol. The second-order valence-electron chi connectivity index (χ2n) is 4.99. The fourth-order valence-corrected chi connectivity index (χ4v) is 2.66. The molecule has 1 heterocycles. The van der Waals surface area contributed by atoms with Gasteiger partial charge in [-0.25, -0.2) is 15.8 Å². The smallest absolute Gasteiger partial charge is 0.222 e. The molecule has 0 saturated carbocycles. The van der Waals surface area contributed by atoms with Gasteiger partial charge in [0.2, 0.25) is 5.88 Å². The van der Waals surface area contributed by atoms with E-state index in [1.165, 1.54) is 17.5 Å². The normalized spacial score (nSPS) is 17.4. The summed E-state index contributed by atoms with van der Waals surface area (Å²) >= 11 is 0. The highest BCUT2D eigenvalue weighted by molar-refractivity contribution is 5.46. The topological polar surface area (TPSA) is 73.1 Å². The van der Waals surface area contributed by atoms with Crippen LogP contribution in [0.4, 0.5) is 5.82 Å². The molecule has 1 aromatic carbocycles. The lowest BCUT2D eigenvalue weighted by Crippen LogP contribution is -2.17. The zero-order valence-corrected chi connectivity index (χ0v) is 11.5. The van der Waals surface area contributed by atoms with E-state index in [9.17, 15) is 0 Å². The van der Waals surface area contributed by atoms with E-state index in [2.05, 4.69) is 39.7 Å². The van der Waals surface area contributed by atoms with Crippen LogP contribution < -0.4 is 16.0 Å². The van der Waals surface area contributed by atoms with Crippen LogP contribution in [-0.2, 0) is 6.42 Å². The zero-order valence-electron chi connectivity index (χ0n) is 11.5. The van der Waals surface area contributed by atoms with Crippen LogP contribution >= 0.6 is 0 Å². The number of hydrogen-bond acceptors (Lipinski definition) is 5. The number of nitrogens with zero attached hydrogens (tertiary/aromatic N) is 2. The molecule has 1 aliphatic carbocycles. The first-order chi connectivity index (χ1) is 9.79. The van der Waals surface area contributed by atoms with Crippen LogP contribution in [0.15, 0.2) is 30.6 Å². The van der Waals surface area contributed by atoms with Gasteiger partial charge in [-0.05, 0) is 37.3 Å². The van der Waals surface area contributed by atoms with Gasteiger partial charge < -0.3 is 10.2 Å². The third-order valence-electron chi connectivity index (χ3n) is 3.74. The highest BCUT2D eigenvalue weighted by Gasteiger charge is 2.22. The lowest BCUT2D eigenvalue weighted by Gasteiger charge is -2.26. The molecule has 0 spiro atoms. The van der Waals surface area contributed by atoms with Gasteiger partial charge in [-0.3, -0.25) is 0 Å². The van der Waals surface area contributed by atoms with Gasteiger partial charge in [-0.1, -0.05) is 24.3 Å². The minimum Gasteiger partial charge on any atom is -0.469 e. The number of aromatic nitrogens is 2. The van der Waals surface area contributed by atoms with Crippen LogP contribution in [0, 0.1) is 6.92 Å². The van der Waals surface area contributed by atoms with Crippen molar-refractivity contribution < 1.29 is 4.74 Å². The summed E-state index contributed by atoms with van der Waals surface area (Å²) in [5.74, 6) is 6.62. The molecule has 5 nitrogen and oxygen atoms in total. The van der Waals surface area contributed by atoms with Crippen molar-refractivity contribution in [2.75, 3.05) is 5.43 Å². The predicted octanol–water partition coefficient (Wildman–Crippen LogP) is 2.53. The Kier molecular flexibility index (Phi) is 3.52. The first-order valence-electron chi connectivity index (χ1n) is 6.82. The second kappa shape index (κ2) is 5.46. The first-order valence-corrected chi connectivity index (χ1v) is 6.82. The number of benzene rings is 1. The van der Waals surface area contributed by atoms with Crippen molar-refractivity contribution in [3.63, 3.8) is 0 Å². The Morgan fingerprint density at radius 3 is 3.00 bits per heavy atom. The molecular formula is C15H18N4O. The quantitative estimate of drug-likeness (QED) is 0.662. The monoisotopic (exact) mass is 270 g/mol. The molecule has 1 unspecified atom stereocenters. The Morgan fingerprint density at radius 1 is 1.30 bits per heavy atom. The molecule has 1 atom stereocenters. The molecule has 0 amide bonds. The van der Waals surface area contributed by atoms with Crippen LogP contribution in [0.2, 0.25) is 0 Å². The van der Waals surface area contributed by atoms with Crippen molar-refractivity contribution in [3.05, 3.63) is 47.3 Å². The fourth-order valence-electron chi connectivity index (χ4n) is 2.66. The third-order valence-corrected chi connectivity index (χ3v) is 3.74. The zero-order chi connectivity index (χ0) is 13.9. The van der Waals surface area contributed by atoms with Gasteiger partial charge in [0.15, 0.2) is 0 Å². The number of anilines is 1. The van der Waals surface area contributed by atoms with E-state index in [1.807, 2.05) is 6.92 Å². The molecule has 0 saturated heterocycles. The second-order valence-corrected chi connectivity index (χ2v) is 4.99. The van der Waals surface area contributed by atoms with Gasteiger partial charge in [-0.15, -0.1) is 0 Å². The van der Waals surface area contributed by atoms with Gasteiger partial charge in [0.05, 0.1) is 5.56 Å². The molecule has 3 N–H and O–H groups in total. The van der Waals surface area contributed by atoms with Gasteiger partial charge in [0, 0.05) is 0 Å². The lowest BCUT2D eigenvalue weighted by molar-refractivity contribution is 0.174. The molecule has 0 aliphatic heterocycles. The van der Waals surface area contributed by atoms with Gasteiger partial charge in [-0.2, -0.15) is 0 Å². The van der Waals surface area contributed by atoms with Crippen LogP contribution in [-0.4, -0.2) is 9.97 Å². The summed E-state index contributed by atoms with van der Waals surface area (Å²) in [5, 5.41) is 0. The van der Waals surface area contributed by atoms with E-state index in [4.69, 9.17) is 10.6 Å². The molecule has 0 bridgehead atoms. The number of nitrogens with one attached hydrogen (secondary N) is 1. The lowest BCUT2D eigenvalue weighted by atomic mass is 9.89. The average Bonchev–Trinajstić information content (AvgIpc) is 2.50. The maximum Gasteiger partial charge on any atom is 0.222 e. The highest BCUT2D eigenvalue weighted by atomic mass is 16.5. The van der Waals surface area contributed by atoms with E-state index >= 15 is 0 Å². The summed E-state index contributed by atoms with van der Waals surface area (Å²) in [6, 6.07) is 8.44. The largest absolute Gasteiger partial charge is 0.469 e. The summed E-state index contributed by atoms with van der Waals surface area (Å²) < 4.78 is 6.11. The van der Waals surface area contributed by atoms with Crippen molar-refractivity contribution in [2.24, 2.45) is 5.84 Å². The molecule has 1 aromatic heterocycles. The van der Waals surface area contributed by atoms with Crippen molar-refractivity contribution >= 4 is 5.82 Å². The fraction of sp³-hybridized carbons (Fsp3) is 0.333. The van der Waals surface area contributed by atoms with E-state index in [-0.39, 0.29) is 6.10 Å². The van der Waals surface area contributed by atoms with Crippen LogP contribution in [0.5, 0.6) is 5.88 Å². The Hall–Kier alpha value is -2.14. The molecule has 5 heteroatoms. The summed E-state index contributed by atoms with van der Waals surface area (Å²) in [6.07, 6.45) is 4.78. The third kappa shape index (κ3) is 2.32. The number of nitrogens with two attached hydrogens (primary N) is 1. The Labute approximate surface area is 118 Å². The number of hydrazine groups is 1. The minimum absolute atomic E-state index is 0.0548. The Balaban J connectivity index is 1.90. The van der Waals surface area contributed by atoms with Crippen molar-refractivity contribution in [2.45, 2.75) is 32.3 Å². The van der Waals surface area contributed by atoms with E-state index in [1.54, 1.807) is 0 Å². The number of fused-ring (bicyclic) bond motifs is 1. The summed E-state index contributed by atoms with van der Waals surface area (Å²) in [6.45, 7) is 1.90. The van der Waals surface area contributed by atoms with Crippen molar-refractivity contribution in [1.29, 1.82) is 0 Å². The molecule has 2 aromatic rings. The number of hydrogen-bond donors (Lipinski definition) is 2. The van der Waals surface area contributed by atoms with E-state index in [0.717, 1.165) is 24.8 Å². The molecule has 104 valence electrons. The molecular weight excluding hydrogens is 252 g/mol. The molecule has 20 heavy (non-hydrogen) atoms. The Morgan fingerprint density at radius 2 is 2.15 bits per heavy atom. The maximum absolute atomic E-state index is 6.11.